The summed E-state index contributed by atoms with van der Waals surface area (Å²) in [6.45, 7) is 10.1. The lowest BCUT2D eigenvalue weighted by molar-refractivity contribution is -0.438. The van der Waals surface area contributed by atoms with E-state index < -0.39 is 20.2 Å². The Morgan fingerprint density at radius 1 is 0.824 bits per heavy atom. The van der Waals surface area contributed by atoms with Gasteiger partial charge >= 0.3 is 0 Å². The molecular formula is C38H46ClI2N2O6S2+. The van der Waals surface area contributed by atoms with Crippen molar-refractivity contribution in [2.45, 2.75) is 83.5 Å². The number of benzene rings is 2. The van der Waals surface area contributed by atoms with Crippen LogP contribution >= 0.6 is 56.8 Å². The van der Waals surface area contributed by atoms with Crippen LogP contribution in [0.25, 0.3) is 0 Å². The van der Waals surface area contributed by atoms with Gasteiger partial charge in [0.15, 0.2) is 5.71 Å². The maximum Gasteiger partial charge on any atom is 0.264 e. The predicted molar refractivity (Wildman–Crippen MR) is 225 cm³/mol. The lowest BCUT2D eigenvalue weighted by atomic mass is 9.81. The number of hydrogen-bond donors (Lipinski definition) is 2. The SMILES string of the molecule is CC1(C)C(=CC=C2CCCC(C=CC3=[N+](CCCCS(=O)(=O)O)c4ccc(I)cc4C3(C)C)=C2Cl)N(CCCCS(=O)(=O)O)c2ccc(I)cc21. The molecule has 0 saturated carbocycles. The minimum Gasteiger partial charge on any atom is -0.344 e. The fraction of sp³-hybridized carbons (Fsp3) is 0.447. The second-order valence-electron chi connectivity index (χ2n) is 14.5. The quantitative estimate of drug-likeness (QED) is 0.0890. The van der Waals surface area contributed by atoms with Gasteiger partial charge in [0.05, 0.1) is 16.9 Å². The van der Waals surface area contributed by atoms with E-state index in [2.05, 4.69) is 143 Å². The molecule has 2 heterocycles. The van der Waals surface area contributed by atoms with E-state index in [0.29, 0.717) is 38.8 Å². The maximum atomic E-state index is 11.4. The molecular weight excluding hydrogens is 934 g/mol. The average Bonchev–Trinajstić information content (AvgIpc) is 3.36. The van der Waals surface area contributed by atoms with Gasteiger partial charge < -0.3 is 4.90 Å². The van der Waals surface area contributed by atoms with Gasteiger partial charge in [-0.25, -0.2) is 0 Å². The van der Waals surface area contributed by atoms with E-state index in [9.17, 15) is 25.9 Å². The summed E-state index contributed by atoms with van der Waals surface area (Å²) in [6.07, 6.45) is 13.2. The molecule has 2 aromatic rings. The normalized spacial score (nSPS) is 20.3. The topological polar surface area (TPSA) is 115 Å². The zero-order chi connectivity index (χ0) is 37.4. The molecule has 13 heteroatoms. The van der Waals surface area contributed by atoms with Gasteiger partial charge in [-0.15, -0.1) is 0 Å². The van der Waals surface area contributed by atoms with Crippen LogP contribution in [0, 0.1) is 7.14 Å². The van der Waals surface area contributed by atoms with E-state index in [1.54, 1.807) is 0 Å². The molecule has 2 aliphatic heterocycles. The van der Waals surface area contributed by atoms with Crippen LogP contribution in [0.15, 0.2) is 82.6 Å². The molecule has 0 aromatic heterocycles. The van der Waals surface area contributed by atoms with Gasteiger partial charge in [-0.3, -0.25) is 9.11 Å². The monoisotopic (exact) mass is 979 g/mol. The van der Waals surface area contributed by atoms with Crippen LogP contribution < -0.4 is 4.90 Å². The van der Waals surface area contributed by atoms with Crippen molar-refractivity contribution >= 4 is 94.1 Å². The number of allylic oxidation sites excluding steroid dienone is 8. The summed E-state index contributed by atoms with van der Waals surface area (Å²) in [5, 5.41) is 0.750. The Labute approximate surface area is 335 Å². The van der Waals surface area contributed by atoms with E-state index >= 15 is 0 Å². The molecule has 3 aliphatic rings. The molecule has 51 heavy (non-hydrogen) atoms. The molecule has 5 rings (SSSR count). The molecule has 0 unspecified atom stereocenters. The number of rotatable bonds is 13. The van der Waals surface area contributed by atoms with Gasteiger partial charge in [-0.1, -0.05) is 37.6 Å². The lowest BCUT2D eigenvalue weighted by Gasteiger charge is -2.27. The van der Waals surface area contributed by atoms with Crippen molar-refractivity contribution in [3.63, 3.8) is 0 Å². The standard InChI is InChI=1S/C38H45ClI2N2O6S2/c1-37(2)30-24-28(40)14-16-32(30)42(20-5-7-22-50(44,45)46)34(37)18-12-26-10-9-11-27(36(26)39)13-19-35-38(3,4)31-25-29(41)15-17-33(31)43(35)21-6-8-23-51(47,48)49/h12-19,24-25H,5-11,20-23H2,1-4H3,(H-,44,45,46,47,48,49)/p+1. The molecule has 276 valence electrons. The minimum absolute atomic E-state index is 0.253. The first kappa shape index (κ1) is 40.6. The summed E-state index contributed by atoms with van der Waals surface area (Å²) < 4.78 is 68.5. The van der Waals surface area contributed by atoms with Crippen molar-refractivity contribution in [2.75, 3.05) is 29.5 Å². The molecule has 0 amide bonds. The smallest absolute Gasteiger partial charge is 0.264 e. The zero-order valence-electron chi connectivity index (χ0n) is 29.4. The first-order valence-electron chi connectivity index (χ1n) is 17.2. The van der Waals surface area contributed by atoms with Crippen LogP contribution in [0.3, 0.4) is 0 Å². The molecule has 0 bridgehead atoms. The molecule has 2 aromatic carbocycles. The number of fused-ring (bicyclic) bond motifs is 2. The Bertz CT molecular complexity index is 2080. The second-order valence-corrected chi connectivity index (χ2v) is 20.5. The third-order valence-electron chi connectivity index (χ3n) is 10.1. The van der Waals surface area contributed by atoms with Gasteiger partial charge in [0.2, 0.25) is 5.69 Å². The predicted octanol–water partition coefficient (Wildman–Crippen LogP) is 9.45. The van der Waals surface area contributed by atoms with Crippen molar-refractivity contribution in [3.05, 3.63) is 101 Å². The number of unbranched alkanes of at least 4 members (excludes halogenated alkanes) is 2. The average molecular weight is 980 g/mol. The Hall–Kier alpha value is -1.56. The van der Waals surface area contributed by atoms with E-state index in [1.165, 1.54) is 11.1 Å². The van der Waals surface area contributed by atoms with Crippen LogP contribution in [0.4, 0.5) is 11.4 Å². The molecule has 2 N–H and O–H groups in total. The van der Waals surface area contributed by atoms with E-state index in [-0.39, 0.29) is 22.3 Å². The zero-order valence-corrected chi connectivity index (χ0v) is 36.1. The number of nitrogens with zero attached hydrogens (tertiary/aromatic N) is 2. The summed E-state index contributed by atoms with van der Waals surface area (Å²) in [4.78, 5) is 2.27. The highest BCUT2D eigenvalue weighted by molar-refractivity contribution is 14.1. The van der Waals surface area contributed by atoms with Gasteiger partial charge in [-0.2, -0.15) is 21.4 Å². The van der Waals surface area contributed by atoms with Crippen LogP contribution in [0.5, 0.6) is 0 Å². The van der Waals surface area contributed by atoms with Crippen molar-refractivity contribution in [3.8, 4) is 0 Å². The van der Waals surface area contributed by atoms with Gasteiger partial charge in [0, 0.05) is 59.6 Å². The molecule has 0 saturated heterocycles. The largest absolute Gasteiger partial charge is 0.344 e. The van der Waals surface area contributed by atoms with Crippen molar-refractivity contribution in [1.82, 2.24) is 0 Å². The Balaban J connectivity index is 1.46. The number of hydrogen-bond acceptors (Lipinski definition) is 5. The van der Waals surface area contributed by atoms with Crippen molar-refractivity contribution < 1.29 is 30.5 Å². The molecule has 0 radical (unpaired) electrons. The minimum atomic E-state index is -4.01. The Morgan fingerprint density at radius 3 is 2.12 bits per heavy atom. The number of anilines is 1. The van der Waals surface area contributed by atoms with Crippen molar-refractivity contribution in [1.29, 1.82) is 0 Å². The van der Waals surface area contributed by atoms with Crippen molar-refractivity contribution in [2.24, 2.45) is 0 Å². The Morgan fingerprint density at radius 2 is 1.45 bits per heavy atom. The summed E-state index contributed by atoms with van der Waals surface area (Å²) >= 11 is 11.8. The molecule has 1 aliphatic carbocycles. The third kappa shape index (κ3) is 9.58. The van der Waals surface area contributed by atoms with Crippen LogP contribution in [-0.4, -0.2) is 60.8 Å². The molecule has 0 atom stereocenters. The first-order valence-corrected chi connectivity index (χ1v) is 23.0. The highest BCUT2D eigenvalue weighted by Gasteiger charge is 2.44. The van der Waals surface area contributed by atoms with Crippen LogP contribution in [-0.2, 0) is 31.1 Å². The Kier molecular flexibility index (Phi) is 12.8. The lowest BCUT2D eigenvalue weighted by Crippen LogP contribution is -2.28. The van der Waals surface area contributed by atoms with Crippen LogP contribution in [0.1, 0.15) is 83.8 Å². The highest BCUT2D eigenvalue weighted by Crippen LogP contribution is 2.49. The second kappa shape index (κ2) is 16.0. The highest BCUT2D eigenvalue weighted by atomic mass is 127. The fourth-order valence-electron chi connectivity index (χ4n) is 7.45. The van der Waals surface area contributed by atoms with Gasteiger partial charge in [0.25, 0.3) is 20.2 Å². The summed E-state index contributed by atoms with van der Waals surface area (Å²) in [6, 6.07) is 12.9. The number of halogens is 3. The molecule has 0 fully saturated rings. The van der Waals surface area contributed by atoms with E-state index in [4.69, 9.17) is 11.6 Å². The summed E-state index contributed by atoms with van der Waals surface area (Å²) in [5.41, 5.74) is 8.46. The summed E-state index contributed by atoms with van der Waals surface area (Å²) in [5.74, 6) is -0.506. The maximum absolute atomic E-state index is 11.4. The third-order valence-corrected chi connectivity index (χ3v) is 13.6. The summed E-state index contributed by atoms with van der Waals surface area (Å²) in [7, 11) is -8.01. The van der Waals surface area contributed by atoms with E-state index in [0.717, 1.165) is 65.4 Å². The first-order chi connectivity index (χ1) is 23.8. The fourth-order valence-corrected chi connectivity index (χ4v) is 9.89. The molecule has 8 nitrogen and oxygen atoms in total. The van der Waals surface area contributed by atoms with E-state index in [1.807, 2.05) is 0 Å². The van der Waals surface area contributed by atoms with Gasteiger partial charge in [0.1, 0.15) is 6.54 Å². The van der Waals surface area contributed by atoms with Crippen LogP contribution in [0.2, 0.25) is 0 Å². The van der Waals surface area contributed by atoms with Gasteiger partial charge in [-0.05, 0) is 151 Å². The molecule has 0 spiro atoms.